The van der Waals surface area contributed by atoms with Gasteiger partial charge in [0.2, 0.25) is 0 Å². The smallest absolute Gasteiger partial charge is 0.261 e. The summed E-state index contributed by atoms with van der Waals surface area (Å²) in [5.41, 5.74) is 3.53. The largest absolute Gasteiger partial charge is 0.299 e. The van der Waals surface area contributed by atoms with Crippen LogP contribution in [0.1, 0.15) is 11.4 Å². The molecule has 0 saturated carbocycles. The van der Waals surface area contributed by atoms with E-state index in [4.69, 9.17) is 4.98 Å². The summed E-state index contributed by atoms with van der Waals surface area (Å²) >= 11 is 0. The second kappa shape index (κ2) is 8.19. The fraction of sp³-hybridized carbons (Fsp3) is 0.125. The van der Waals surface area contributed by atoms with Crippen molar-refractivity contribution in [3.63, 3.8) is 0 Å². The lowest BCUT2D eigenvalue weighted by molar-refractivity contribution is 0.628. The van der Waals surface area contributed by atoms with E-state index in [0.717, 1.165) is 12.0 Å². The Morgan fingerprint density at radius 2 is 1.55 bits per heavy atom. The summed E-state index contributed by atoms with van der Waals surface area (Å²) < 4.78 is 15.0. The number of halogens is 1. The first-order valence-electron chi connectivity index (χ1n) is 9.43. The van der Waals surface area contributed by atoms with Crippen molar-refractivity contribution in [2.45, 2.75) is 12.8 Å². The van der Waals surface area contributed by atoms with Gasteiger partial charge < -0.3 is 0 Å². The maximum Gasteiger partial charge on any atom is 0.261 e. The zero-order valence-corrected chi connectivity index (χ0v) is 16.0. The summed E-state index contributed by atoms with van der Waals surface area (Å²) in [6.45, 7) is 0. The highest BCUT2D eigenvalue weighted by Crippen LogP contribution is 2.28. The standard InChI is InChI=1S/C24H20FN3O/c1-28-21(12-7-17-5-3-2-4-6-17)27-23(19-13-15-26-16-14-19)22(24(28)29)18-8-10-20(25)11-9-18/h2-6,8-11,13-16H,7,12H2,1H3. The first-order chi connectivity index (χ1) is 14.1. The molecule has 0 bridgehead atoms. The van der Waals surface area contributed by atoms with Crippen LogP contribution in [0, 0.1) is 5.82 Å². The van der Waals surface area contributed by atoms with Crippen LogP contribution in [0.5, 0.6) is 0 Å². The molecule has 0 aliphatic rings. The molecule has 0 aliphatic heterocycles. The Balaban J connectivity index is 1.84. The maximum atomic E-state index is 13.4. The zero-order valence-electron chi connectivity index (χ0n) is 16.0. The van der Waals surface area contributed by atoms with Gasteiger partial charge in [-0.1, -0.05) is 42.5 Å². The van der Waals surface area contributed by atoms with Gasteiger partial charge in [0, 0.05) is 31.4 Å². The molecule has 0 amide bonds. The predicted molar refractivity (Wildman–Crippen MR) is 112 cm³/mol. The fourth-order valence-corrected chi connectivity index (χ4v) is 3.37. The Morgan fingerprint density at radius 1 is 0.862 bits per heavy atom. The number of rotatable bonds is 5. The molecule has 2 heterocycles. The van der Waals surface area contributed by atoms with Crippen LogP contribution in [0.25, 0.3) is 22.4 Å². The lowest BCUT2D eigenvalue weighted by atomic mass is 10.0. The molecule has 4 nitrogen and oxygen atoms in total. The van der Waals surface area contributed by atoms with E-state index in [1.807, 2.05) is 30.3 Å². The van der Waals surface area contributed by atoms with E-state index in [1.54, 1.807) is 36.1 Å². The van der Waals surface area contributed by atoms with Gasteiger partial charge in [0.15, 0.2) is 0 Å². The van der Waals surface area contributed by atoms with Crippen LogP contribution >= 0.6 is 0 Å². The zero-order chi connectivity index (χ0) is 20.2. The predicted octanol–water partition coefficient (Wildman–Crippen LogP) is 4.43. The third kappa shape index (κ3) is 3.99. The summed E-state index contributed by atoms with van der Waals surface area (Å²) in [6, 6.07) is 19.7. The quantitative estimate of drug-likeness (QED) is 0.510. The Kier molecular flexibility index (Phi) is 5.29. The molecule has 0 saturated heterocycles. The van der Waals surface area contributed by atoms with E-state index in [0.29, 0.717) is 29.1 Å². The average molecular weight is 385 g/mol. The Bertz CT molecular complexity index is 1170. The van der Waals surface area contributed by atoms with Crippen molar-refractivity contribution in [2.75, 3.05) is 0 Å². The highest BCUT2D eigenvalue weighted by molar-refractivity contribution is 5.79. The highest BCUT2D eigenvalue weighted by Gasteiger charge is 2.18. The topological polar surface area (TPSA) is 47.8 Å². The fourth-order valence-electron chi connectivity index (χ4n) is 3.37. The molecule has 0 fully saturated rings. The van der Waals surface area contributed by atoms with E-state index >= 15 is 0 Å². The molecule has 0 atom stereocenters. The highest BCUT2D eigenvalue weighted by atomic mass is 19.1. The summed E-state index contributed by atoms with van der Waals surface area (Å²) in [5.74, 6) is 0.361. The molecule has 144 valence electrons. The first-order valence-corrected chi connectivity index (χ1v) is 9.43. The minimum Gasteiger partial charge on any atom is -0.299 e. The van der Waals surface area contributed by atoms with Crippen molar-refractivity contribution in [3.8, 4) is 22.4 Å². The molecule has 4 rings (SSSR count). The van der Waals surface area contributed by atoms with Crippen LogP contribution < -0.4 is 5.56 Å². The van der Waals surface area contributed by atoms with Crippen molar-refractivity contribution in [1.82, 2.24) is 14.5 Å². The summed E-state index contributed by atoms with van der Waals surface area (Å²) in [6.07, 6.45) is 4.77. The van der Waals surface area contributed by atoms with Crippen LogP contribution in [0.2, 0.25) is 0 Å². The SMILES string of the molecule is Cn1c(CCc2ccccc2)nc(-c2ccncc2)c(-c2ccc(F)cc2)c1=O. The van der Waals surface area contributed by atoms with Crippen LogP contribution in [0.15, 0.2) is 83.9 Å². The van der Waals surface area contributed by atoms with E-state index in [1.165, 1.54) is 17.7 Å². The first kappa shape index (κ1) is 18.7. The monoisotopic (exact) mass is 385 g/mol. The number of benzene rings is 2. The van der Waals surface area contributed by atoms with Crippen LogP contribution in [-0.2, 0) is 19.9 Å². The molecule has 0 spiro atoms. The molecule has 0 N–H and O–H groups in total. The van der Waals surface area contributed by atoms with Gasteiger partial charge >= 0.3 is 0 Å². The molecule has 0 aliphatic carbocycles. The molecule has 29 heavy (non-hydrogen) atoms. The van der Waals surface area contributed by atoms with Crippen LogP contribution in [0.3, 0.4) is 0 Å². The van der Waals surface area contributed by atoms with Gasteiger partial charge in [-0.15, -0.1) is 0 Å². The minimum atomic E-state index is -0.344. The molecular formula is C24H20FN3O. The van der Waals surface area contributed by atoms with E-state index in [9.17, 15) is 9.18 Å². The lowest BCUT2D eigenvalue weighted by Gasteiger charge is -2.15. The van der Waals surface area contributed by atoms with Crippen molar-refractivity contribution in [3.05, 3.63) is 107 Å². The molecule has 4 aromatic rings. The minimum absolute atomic E-state index is 0.151. The number of aryl methyl sites for hydroxylation is 2. The number of aromatic nitrogens is 3. The van der Waals surface area contributed by atoms with Gasteiger partial charge in [-0.3, -0.25) is 14.3 Å². The van der Waals surface area contributed by atoms with Crippen LogP contribution in [-0.4, -0.2) is 14.5 Å². The Morgan fingerprint density at radius 3 is 2.24 bits per heavy atom. The van der Waals surface area contributed by atoms with Crippen molar-refractivity contribution < 1.29 is 4.39 Å². The average Bonchev–Trinajstić information content (AvgIpc) is 2.77. The number of pyridine rings is 1. The molecular weight excluding hydrogens is 365 g/mol. The number of hydrogen-bond donors (Lipinski definition) is 0. The van der Waals surface area contributed by atoms with Crippen molar-refractivity contribution >= 4 is 0 Å². The summed E-state index contributed by atoms with van der Waals surface area (Å²) in [5, 5.41) is 0. The van der Waals surface area contributed by atoms with Gasteiger partial charge in [0.05, 0.1) is 11.3 Å². The van der Waals surface area contributed by atoms with E-state index < -0.39 is 0 Å². The molecule has 2 aromatic heterocycles. The molecule has 2 aromatic carbocycles. The second-order valence-corrected chi connectivity index (χ2v) is 6.84. The van der Waals surface area contributed by atoms with Crippen molar-refractivity contribution in [2.24, 2.45) is 7.05 Å². The normalized spacial score (nSPS) is 10.8. The van der Waals surface area contributed by atoms with Gasteiger partial charge in [-0.05, 0) is 41.8 Å². The number of hydrogen-bond acceptors (Lipinski definition) is 3. The van der Waals surface area contributed by atoms with E-state index in [2.05, 4.69) is 17.1 Å². The van der Waals surface area contributed by atoms with E-state index in [-0.39, 0.29) is 11.4 Å². The molecule has 5 heteroatoms. The Hall–Kier alpha value is -3.60. The third-order valence-corrected chi connectivity index (χ3v) is 4.95. The third-order valence-electron chi connectivity index (χ3n) is 4.95. The maximum absolute atomic E-state index is 13.4. The van der Waals surface area contributed by atoms with Gasteiger partial charge in [-0.25, -0.2) is 9.37 Å². The summed E-state index contributed by atoms with van der Waals surface area (Å²) in [7, 11) is 1.74. The lowest BCUT2D eigenvalue weighted by Crippen LogP contribution is -2.25. The van der Waals surface area contributed by atoms with Crippen LogP contribution in [0.4, 0.5) is 4.39 Å². The molecule has 0 unspecified atom stereocenters. The Labute approximate surface area is 168 Å². The van der Waals surface area contributed by atoms with Crippen molar-refractivity contribution in [1.29, 1.82) is 0 Å². The van der Waals surface area contributed by atoms with Gasteiger partial charge in [0.25, 0.3) is 5.56 Å². The molecule has 0 radical (unpaired) electrons. The second-order valence-electron chi connectivity index (χ2n) is 6.84. The number of nitrogens with zero attached hydrogens (tertiary/aromatic N) is 3. The summed E-state index contributed by atoms with van der Waals surface area (Å²) in [4.78, 5) is 22.2. The van der Waals surface area contributed by atoms with Gasteiger partial charge in [-0.2, -0.15) is 0 Å². The van der Waals surface area contributed by atoms with Gasteiger partial charge in [0.1, 0.15) is 11.6 Å².